The maximum absolute atomic E-state index is 11.3. The molecule has 3 heteroatoms. The molecule has 0 unspecified atom stereocenters. The van der Waals surface area contributed by atoms with Crippen LogP contribution in [0.5, 0.6) is 0 Å². The summed E-state index contributed by atoms with van der Waals surface area (Å²) < 4.78 is 10.4. The van der Waals surface area contributed by atoms with E-state index in [-0.39, 0.29) is 5.97 Å². The number of esters is 1. The number of allylic oxidation sites excluding steroid dienone is 1. The van der Waals surface area contributed by atoms with Crippen LogP contribution in [0.15, 0.2) is 12.2 Å². The molecule has 112 valence electrons. The summed E-state index contributed by atoms with van der Waals surface area (Å²) in [7, 11) is 0. The first-order valence-electron chi connectivity index (χ1n) is 7.69. The Morgan fingerprint density at radius 3 is 2.53 bits per heavy atom. The molecule has 0 rings (SSSR count). The molecule has 0 spiro atoms. The minimum atomic E-state index is -0.0445. The largest absolute Gasteiger partial charge is 0.466 e. The Labute approximate surface area is 118 Å². The molecule has 0 atom stereocenters. The highest BCUT2D eigenvalue weighted by Crippen LogP contribution is 2.05. The number of carbonyl (C=O) groups excluding carboxylic acids is 1. The molecule has 0 bridgehead atoms. The predicted molar refractivity (Wildman–Crippen MR) is 79.2 cm³/mol. The van der Waals surface area contributed by atoms with E-state index < -0.39 is 0 Å². The molecule has 0 saturated carbocycles. The van der Waals surface area contributed by atoms with E-state index in [0.29, 0.717) is 13.0 Å². The quantitative estimate of drug-likeness (QED) is 0.285. The van der Waals surface area contributed by atoms with Gasteiger partial charge in [0.15, 0.2) is 0 Å². The zero-order chi connectivity index (χ0) is 14.2. The van der Waals surface area contributed by atoms with Crippen molar-refractivity contribution >= 4 is 5.97 Å². The van der Waals surface area contributed by atoms with Gasteiger partial charge in [0.2, 0.25) is 0 Å². The van der Waals surface area contributed by atoms with Gasteiger partial charge in [-0.05, 0) is 32.1 Å². The van der Waals surface area contributed by atoms with Gasteiger partial charge >= 0.3 is 5.97 Å². The Balaban J connectivity index is 3.19. The Hall–Kier alpha value is -0.830. The monoisotopic (exact) mass is 270 g/mol. The molecule has 19 heavy (non-hydrogen) atoms. The highest BCUT2D eigenvalue weighted by Gasteiger charge is 2.01. The Kier molecular flexibility index (Phi) is 14.6. The van der Waals surface area contributed by atoms with Gasteiger partial charge in [-0.3, -0.25) is 4.79 Å². The van der Waals surface area contributed by atoms with E-state index in [4.69, 9.17) is 9.47 Å². The maximum Gasteiger partial charge on any atom is 0.305 e. The van der Waals surface area contributed by atoms with Crippen molar-refractivity contribution in [1.82, 2.24) is 0 Å². The number of hydrogen-bond acceptors (Lipinski definition) is 3. The fourth-order valence-corrected chi connectivity index (χ4v) is 1.59. The van der Waals surface area contributed by atoms with Gasteiger partial charge < -0.3 is 9.47 Å². The van der Waals surface area contributed by atoms with Crippen molar-refractivity contribution in [2.75, 3.05) is 19.8 Å². The van der Waals surface area contributed by atoms with Crippen LogP contribution in [-0.2, 0) is 14.3 Å². The van der Waals surface area contributed by atoms with Crippen LogP contribution in [-0.4, -0.2) is 25.8 Å². The third kappa shape index (κ3) is 15.1. The van der Waals surface area contributed by atoms with Crippen LogP contribution in [0.3, 0.4) is 0 Å². The van der Waals surface area contributed by atoms with Gasteiger partial charge in [-0.25, -0.2) is 0 Å². The summed E-state index contributed by atoms with van der Waals surface area (Å²) >= 11 is 0. The van der Waals surface area contributed by atoms with Gasteiger partial charge in [-0.1, -0.05) is 38.8 Å². The minimum Gasteiger partial charge on any atom is -0.466 e. The maximum atomic E-state index is 11.3. The lowest BCUT2D eigenvalue weighted by Gasteiger charge is -2.03. The number of hydrogen-bond donors (Lipinski definition) is 0. The lowest BCUT2D eigenvalue weighted by atomic mass is 10.1. The highest BCUT2D eigenvalue weighted by molar-refractivity contribution is 5.69. The number of unbranched alkanes of at least 4 members (excludes halogenated alkanes) is 4. The van der Waals surface area contributed by atoms with Crippen LogP contribution >= 0.6 is 0 Å². The molecule has 3 nitrogen and oxygen atoms in total. The fourth-order valence-electron chi connectivity index (χ4n) is 1.59. The van der Waals surface area contributed by atoms with E-state index >= 15 is 0 Å². The van der Waals surface area contributed by atoms with Crippen molar-refractivity contribution in [3.8, 4) is 0 Å². The molecular formula is C16H30O3. The number of carbonyl (C=O) groups is 1. The van der Waals surface area contributed by atoms with E-state index in [2.05, 4.69) is 26.0 Å². The molecule has 0 aromatic heterocycles. The molecule has 0 N–H and O–H groups in total. The second kappa shape index (κ2) is 15.2. The van der Waals surface area contributed by atoms with Crippen molar-refractivity contribution < 1.29 is 14.3 Å². The van der Waals surface area contributed by atoms with Crippen LogP contribution in [0.1, 0.15) is 65.2 Å². The van der Waals surface area contributed by atoms with Crippen molar-refractivity contribution in [2.45, 2.75) is 65.2 Å². The van der Waals surface area contributed by atoms with E-state index in [9.17, 15) is 4.79 Å². The zero-order valence-corrected chi connectivity index (χ0v) is 12.7. The van der Waals surface area contributed by atoms with Crippen molar-refractivity contribution in [3.63, 3.8) is 0 Å². The molecule has 0 aromatic rings. The van der Waals surface area contributed by atoms with E-state index in [1.807, 2.05) is 0 Å². The van der Waals surface area contributed by atoms with Crippen LogP contribution in [0.25, 0.3) is 0 Å². The molecular weight excluding hydrogens is 240 g/mol. The van der Waals surface area contributed by atoms with Gasteiger partial charge in [-0.15, -0.1) is 0 Å². The molecule has 0 amide bonds. The first kappa shape index (κ1) is 18.2. The number of rotatable bonds is 13. The third-order valence-electron chi connectivity index (χ3n) is 2.74. The SMILES string of the molecule is CCCCOC(=O)CCCCC/C=C/COCCC. The standard InChI is InChI=1S/C16H30O3/c1-3-5-15-19-16(17)12-10-8-6-7-9-11-14-18-13-4-2/h9,11H,3-8,10,12-15H2,1-2H3/b11-9+. The van der Waals surface area contributed by atoms with Gasteiger partial charge in [0.05, 0.1) is 13.2 Å². The minimum absolute atomic E-state index is 0.0445. The second-order valence-electron chi connectivity index (χ2n) is 4.72. The van der Waals surface area contributed by atoms with Crippen molar-refractivity contribution in [3.05, 3.63) is 12.2 Å². The van der Waals surface area contributed by atoms with Crippen LogP contribution in [0.2, 0.25) is 0 Å². The van der Waals surface area contributed by atoms with E-state index in [1.165, 1.54) is 0 Å². The average molecular weight is 270 g/mol. The van der Waals surface area contributed by atoms with Crippen molar-refractivity contribution in [2.24, 2.45) is 0 Å². The van der Waals surface area contributed by atoms with Gasteiger partial charge in [0, 0.05) is 13.0 Å². The Morgan fingerprint density at radius 2 is 1.79 bits per heavy atom. The first-order chi connectivity index (χ1) is 9.31. The summed E-state index contributed by atoms with van der Waals surface area (Å²) in [6.45, 7) is 6.34. The Bertz CT molecular complexity index is 224. The zero-order valence-electron chi connectivity index (χ0n) is 12.7. The summed E-state index contributed by atoms with van der Waals surface area (Å²) in [5.74, 6) is -0.0445. The average Bonchev–Trinajstić information content (AvgIpc) is 2.41. The van der Waals surface area contributed by atoms with E-state index in [1.54, 1.807) is 0 Å². The Morgan fingerprint density at radius 1 is 0.947 bits per heavy atom. The number of ether oxygens (including phenoxy) is 2. The molecule has 0 aromatic carbocycles. The van der Waals surface area contributed by atoms with Crippen LogP contribution < -0.4 is 0 Å². The van der Waals surface area contributed by atoms with Crippen LogP contribution in [0.4, 0.5) is 0 Å². The summed E-state index contributed by atoms with van der Waals surface area (Å²) in [6, 6.07) is 0. The van der Waals surface area contributed by atoms with Crippen molar-refractivity contribution in [1.29, 1.82) is 0 Å². The molecule has 0 saturated heterocycles. The van der Waals surface area contributed by atoms with Gasteiger partial charge in [0.25, 0.3) is 0 Å². The van der Waals surface area contributed by atoms with Crippen LogP contribution in [0, 0.1) is 0 Å². The predicted octanol–water partition coefficient (Wildman–Crippen LogP) is 4.26. The smallest absolute Gasteiger partial charge is 0.305 e. The lowest BCUT2D eigenvalue weighted by Crippen LogP contribution is -2.05. The molecule has 0 heterocycles. The van der Waals surface area contributed by atoms with E-state index in [0.717, 1.165) is 58.2 Å². The molecule has 0 radical (unpaired) electrons. The molecule has 0 aliphatic carbocycles. The van der Waals surface area contributed by atoms with Gasteiger partial charge in [-0.2, -0.15) is 0 Å². The molecule has 0 aliphatic heterocycles. The normalized spacial score (nSPS) is 11.1. The van der Waals surface area contributed by atoms with Gasteiger partial charge in [0.1, 0.15) is 0 Å². The second-order valence-corrected chi connectivity index (χ2v) is 4.72. The lowest BCUT2D eigenvalue weighted by molar-refractivity contribution is -0.143. The molecule has 0 aliphatic rings. The summed E-state index contributed by atoms with van der Waals surface area (Å²) in [4.78, 5) is 11.3. The first-order valence-corrected chi connectivity index (χ1v) is 7.69. The summed E-state index contributed by atoms with van der Waals surface area (Å²) in [6.07, 6.45) is 12.1. The topological polar surface area (TPSA) is 35.5 Å². The fraction of sp³-hybridized carbons (Fsp3) is 0.812. The summed E-state index contributed by atoms with van der Waals surface area (Å²) in [5.41, 5.74) is 0. The highest BCUT2D eigenvalue weighted by atomic mass is 16.5. The third-order valence-corrected chi connectivity index (χ3v) is 2.74. The molecule has 0 fully saturated rings. The summed E-state index contributed by atoms with van der Waals surface area (Å²) in [5, 5.41) is 0.